The number of benzene rings is 1. The van der Waals surface area contributed by atoms with Crippen molar-refractivity contribution in [1.82, 2.24) is 0 Å². The summed E-state index contributed by atoms with van der Waals surface area (Å²) in [6.45, 7) is 2.02. The van der Waals surface area contributed by atoms with Crippen molar-refractivity contribution in [3.8, 4) is 0 Å². The third kappa shape index (κ3) is 2.76. The number of furan rings is 1. The normalized spacial score (nSPS) is 18.6. The molecule has 4 rings (SSSR count). The van der Waals surface area contributed by atoms with Crippen LogP contribution in [-0.2, 0) is 10.5 Å². The molecule has 3 nitrogen and oxygen atoms in total. The van der Waals surface area contributed by atoms with E-state index in [1.807, 2.05) is 42.6 Å². The van der Waals surface area contributed by atoms with E-state index in [4.69, 9.17) is 16.0 Å². The van der Waals surface area contributed by atoms with Gasteiger partial charge in [0.15, 0.2) is 5.76 Å². The maximum atomic E-state index is 12.7. The summed E-state index contributed by atoms with van der Waals surface area (Å²) in [4.78, 5) is 12.7. The van der Waals surface area contributed by atoms with Crippen LogP contribution in [0.4, 0.5) is 5.69 Å². The fourth-order valence-electron chi connectivity index (χ4n) is 3.57. The molecule has 24 heavy (non-hydrogen) atoms. The van der Waals surface area contributed by atoms with E-state index >= 15 is 0 Å². The monoisotopic (exact) mass is 379 g/mol. The minimum Gasteiger partial charge on any atom is -0.455 e. The number of anilines is 1. The van der Waals surface area contributed by atoms with Gasteiger partial charge in [0.25, 0.3) is 5.91 Å². The lowest BCUT2D eigenvalue weighted by molar-refractivity contribution is 0.0994. The first-order valence-electron chi connectivity index (χ1n) is 8.07. The van der Waals surface area contributed by atoms with Crippen LogP contribution in [0.1, 0.15) is 40.3 Å². The highest BCUT2D eigenvalue weighted by Gasteiger charge is 2.45. The lowest BCUT2D eigenvalue weighted by Crippen LogP contribution is -2.21. The molecule has 0 unspecified atom stereocenters. The molecule has 2 aliphatic rings. The molecule has 2 aromatic rings. The molecule has 1 aromatic heterocycles. The molecular formula is C18H18ClNO2S2. The van der Waals surface area contributed by atoms with E-state index in [-0.39, 0.29) is 9.99 Å². The van der Waals surface area contributed by atoms with E-state index in [1.54, 1.807) is 12.1 Å². The van der Waals surface area contributed by atoms with Crippen LogP contribution < -0.4 is 5.32 Å². The summed E-state index contributed by atoms with van der Waals surface area (Å²) in [5, 5.41) is 3.50. The second-order valence-corrected chi connectivity index (χ2v) is 9.60. The quantitative estimate of drug-likeness (QED) is 0.751. The summed E-state index contributed by atoms with van der Waals surface area (Å²) in [6, 6.07) is 7.17. The van der Waals surface area contributed by atoms with Gasteiger partial charge < -0.3 is 9.73 Å². The van der Waals surface area contributed by atoms with E-state index in [0.717, 1.165) is 30.6 Å². The topological polar surface area (TPSA) is 42.2 Å². The zero-order valence-corrected chi connectivity index (χ0v) is 15.7. The highest BCUT2D eigenvalue weighted by molar-refractivity contribution is 8.20. The molecule has 0 atom stereocenters. The Bertz CT molecular complexity index is 796. The zero-order chi connectivity index (χ0) is 16.7. The fourth-order valence-corrected chi connectivity index (χ4v) is 7.32. The molecule has 1 N–H and O–H groups in total. The lowest BCUT2D eigenvalue weighted by Gasteiger charge is -2.31. The van der Waals surface area contributed by atoms with E-state index < -0.39 is 0 Å². The van der Waals surface area contributed by atoms with Crippen molar-refractivity contribution in [2.75, 3.05) is 16.8 Å². The third-order valence-electron chi connectivity index (χ3n) is 4.55. The van der Waals surface area contributed by atoms with Crippen LogP contribution in [-0.4, -0.2) is 17.4 Å². The standard InChI is InChI=1S/C18H18ClNO2S2/c1-11-15-14(6-3-7-18(15)23-8-9-24-18)22-16(11)17(21)20-13-5-2-4-12(19)10-13/h2,4-5,10H,3,6-9H2,1H3,(H,20,21). The minimum atomic E-state index is -0.202. The number of carbonyl (C=O) groups is 1. The van der Waals surface area contributed by atoms with Crippen molar-refractivity contribution in [2.24, 2.45) is 0 Å². The van der Waals surface area contributed by atoms with Crippen LogP contribution in [0.25, 0.3) is 0 Å². The van der Waals surface area contributed by atoms with Gasteiger partial charge in [0.05, 0.1) is 4.08 Å². The Morgan fingerprint density at radius 1 is 1.33 bits per heavy atom. The van der Waals surface area contributed by atoms with Gasteiger partial charge >= 0.3 is 0 Å². The smallest absolute Gasteiger partial charge is 0.291 e. The molecule has 2 heterocycles. The Labute approximate surface area is 154 Å². The van der Waals surface area contributed by atoms with Crippen LogP contribution in [0.15, 0.2) is 28.7 Å². The van der Waals surface area contributed by atoms with Crippen molar-refractivity contribution >= 4 is 46.7 Å². The second kappa shape index (κ2) is 6.36. The number of halogens is 1. The summed E-state index contributed by atoms with van der Waals surface area (Å²) in [7, 11) is 0. The van der Waals surface area contributed by atoms with Crippen LogP contribution in [0.5, 0.6) is 0 Å². The lowest BCUT2D eigenvalue weighted by atomic mass is 9.94. The van der Waals surface area contributed by atoms with E-state index in [2.05, 4.69) is 5.32 Å². The van der Waals surface area contributed by atoms with Crippen LogP contribution in [0, 0.1) is 6.92 Å². The molecule has 1 fully saturated rings. The van der Waals surface area contributed by atoms with Gasteiger partial charge in [-0.05, 0) is 38.0 Å². The Kier molecular flexibility index (Phi) is 4.35. The predicted octanol–water partition coefficient (Wildman–Crippen LogP) is 5.46. The maximum Gasteiger partial charge on any atom is 0.291 e. The summed E-state index contributed by atoms with van der Waals surface area (Å²) in [6.07, 6.45) is 3.20. The van der Waals surface area contributed by atoms with Crippen LogP contribution in [0.2, 0.25) is 5.02 Å². The average Bonchev–Trinajstić information content (AvgIpc) is 3.14. The van der Waals surface area contributed by atoms with E-state index in [0.29, 0.717) is 16.5 Å². The van der Waals surface area contributed by atoms with Crippen LogP contribution in [0.3, 0.4) is 0 Å². The molecule has 0 saturated carbocycles. The Morgan fingerprint density at radius 3 is 2.88 bits per heavy atom. The van der Waals surface area contributed by atoms with Gasteiger partial charge in [0.1, 0.15) is 5.76 Å². The highest BCUT2D eigenvalue weighted by atomic mass is 35.5. The molecule has 1 saturated heterocycles. The van der Waals surface area contributed by atoms with Gasteiger partial charge in [-0.3, -0.25) is 4.79 Å². The Hall–Kier alpha value is -1.04. The summed E-state index contributed by atoms with van der Waals surface area (Å²) >= 11 is 10.0. The van der Waals surface area contributed by atoms with Crippen LogP contribution >= 0.6 is 35.1 Å². The van der Waals surface area contributed by atoms with Gasteiger partial charge in [0, 0.05) is 39.8 Å². The molecule has 0 bridgehead atoms. The largest absolute Gasteiger partial charge is 0.455 e. The van der Waals surface area contributed by atoms with E-state index in [1.165, 1.54) is 17.1 Å². The van der Waals surface area contributed by atoms with Gasteiger partial charge in [-0.1, -0.05) is 17.7 Å². The van der Waals surface area contributed by atoms with Gasteiger partial charge in [-0.25, -0.2) is 0 Å². The first-order chi connectivity index (χ1) is 11.6. The predicted molar refractivity (Wildman–Crippen MR) is 102 cm³/mol. The van der Waals surface area contributed by atoms with Gasteiger partial charge in [0.2, 0.25) is 0 Å². The molecule has 1 aromatic carbocycles. The fraction of sp³-hybridized carbons (Fsp3) is 0.389. The molecule has 1 aliphatic carbocycles. The molecule has 1 spiro atoms. The number of fused-ring (bicyclic) bond motifs is 2. The Morgan fingerprint density at radius 2 is 2.12 bits per heavy atom. The number of aryl methyl sites for hydroxylation is 1. The van der Waals surface area contributed by atoms with Crippen molar-refractivity contribution in [2.45, 2.75) is 30.3 Å². The number of amides is 1. The SMILES string of the molecule is Cc1c(C(=O)Nc2cccc(Cl)c2)oc2c1C1(CCC2)SCCS1. The molecule has 6 heteroatoms. The molecule has 126 valence electrons. The maximum absolute atomic E-state index is 12.7. The number of hydrogen-bond acceptors (Lipinski definition) is 4. The number of carbonyl (C=O) groups excluding carboxylic acids is 1. The molecule has 1 amide bonds. The minimum absolute atomic E-state index is 0.0930. The third-order valence-corrected chi connectivity index (χ3v) is 8.32. The van der Waals surface area contributed by atoms with Gasteiger partial charge in [-0.15, -0.1) is 23.5 Å². The molecule has 1 aliphatic heterocycles. The summed E-state index contributed by atoms with van der Waals surface area (Å²) in [5.41, 5.74) is 2.93. The number of thioether (sulfide) groups is 2. The average molecular weight is 380 g/mol. The Balaban J connectivity index is 1.67. The molecule has 0 radical (unpaired) electrons. The van der Waals surface area contributed by atoms with Crippen molar-refractivity contribution < 1.29 is 9.21 Å². The first-order valence-corrected chi connectivity index (χ1v) is 10.4. The summed E-state index contributed by atoms with van der Waals surface area (Å²) < 4.78 is 6.11. The van der Waals surface area contributed by atoms with Crippen molar-refractivity contribution in [1.29, 1.82) is 0 Å². The zero-order valence-electron chi connectivity index (χ0n) is 13.4. The first kappa shape index (κ1) is 16.4. The second-order valence-electron chi connectivity index (χ2n) is 6.12. The van der Waals surface area contributed by atoms with Crippen molar-refractivity contribution in [3.05, 3.63) is 51.9 Å². The number of rotatable bonds is 2. The number of nitrogens with one attached hydrogen (secondary N) is 1. The highest BCUT2D eigenvalue weighted by Crippen LogP contribution is 2.59. The van der Waals surface area contributed by atoms with Gasteiger partial charge in [-0.2, -0.15) is 0 Å². The van der Waals surface area contributed by atoms with Crippen molar-refractivity contribution in [3.63, 3.8) is 0 Å². The number of hydrogen-bond donors (Lipinski definition) is 1. The summed E-state index contributed by atoms with van der Waals surface area (Å²) in [5.74, 6) is 3.57. The molecular weight excluding hydrogens is 362 g/mol. The van der Waals surface area contributed by atoms with E-state index in [9.17, 15) is 4.79 Å².